The smallest absolute Gasteiger partial charge is 0.276 e. The molecule has 1 atom stereocenters. The molecule has 37 heavy (non-hydrogen) atoms. The maximum Gasteiger partial charge on any atom is 0.276 e. The number of H-pyrrole nitrogens is 1. The van der Waals surface area contributed by atoms with E-state index in [1.165, 1.54) is 19.2 Å². The minimum atomic E-state index is -0.417. The Morgan fingerprint density at radius 2 is 2.00 bits per heavy atom. The molecular formula is C27H27FN6O3. The highest BCUT2D eigenvalue weighted by Gasteiger charge is 2.34. The number of carbonyl (C=O) groups excluding carboxylic acids is 2. The van der Waals surface area contributed by atoms with Crippen LogP contribution in [0.5, 0.6) is 5.75 Å². The number of carbonyl (C=O) groups is 2. The van der Waals surface area contributed by atoms with Crippen LogP contribution in [0.25, 0.3) is 0 Å². The first-order chi connectivity index (χ1) is 17.8. The molecule has 1 aliphatic rings. The van der Waals surface area contributed by atoms with Gasteiger partial charge in [0.2, 0.25) is 0 Å². The van der Waals surface area contributed by atoms with Crippen molar-refractivity contribution in [2.75, 3.05) is 24.7 Å². The number of nitrogens with zero attached hydrogens (tertiary/aromatic N) is 3. The highest BCUT2D eigenvalue weighted by atomic mass is 19.1. The molecule has 0 radical (unpaired) electrons. The number of rotatable bonds is 6. The minimum absolute atomic E-state index is 0.0891. The van der Waals surface area contributed by atoms with E-state index < -0.39 is 5.91 Å². The molecule has 0 spiro atoms. The quantitative estimate of drug-likeness (QED) is 0.345. The number of ether oxygens (including phenoxy) is 1. The van der Waals surface area contributed by atoms with Crippen molar-refractivity contribution in [3.63, 3.8) is 0 Å². The Morgan fingerprint density at radius 3 is 2.68 bits per heavy atom. The van der Waals surface area contributed by atoms with Crippen LogP contribution in [0.3, 0.4) is 0 Å². The molecule has 2 aromatic carbocycles. The Bertz CT molecular complexity index is 1450. The van der Waals surface area contributed by atoms with Gasteiger partial charge in [0, 0.05) is 35.6 Å². The number of benzene rings is 2. The summed E-state index contributed by atoms with van der Waals surface area (Å²) in [5, 5.41) is 7.54. The number of aromatic amines is 1. The third kappa shape index (κ3) is 4.77. The largest absolute Gasteiger partial charge is 0.495 e. The highest BCUT2D eigenvalue weighted by molar-refractivity contribution is 6.04. The van der Waals surface area contributed by atoms with Crippen molar-refractivity contribution in [1.29, 1.82) is 0 Å². The van der Waals surface area contributed by atoms with Crippen LogP contribution >= 0.6 is 0 Å². The molecule has 0 saturated heterocycles. The Labute approximate surface area is 213 Å². The van der Waals surface area contributed by atoms with Crippen LogP contribution in [0.4, 0.5) is 15.8 Å². The zero-order valence-corrected chi connectivity index (χ0v) is 20.5. The normalized spacial score (nSPS) is 14.8. The number of halogens is 1. The van der Waals surface area contributed by atoms with Crippen molar-refractivity contribution in [3.8, 4) is 5.75 Å². The van der Waals surface area contributed by atoms with E-state index in [-0.39, 0.29) is 29.9 Å². The number of hydrogen-bond acceptors (Lipinski definition) is 5. The lowest BCUT2D eigenvalue weighted by Gasteiger charge is -2.32. The zero-order chi connectivity index (χ0) is 26.1. The number of amides is 2. The first kappa shape index (κ1) is 24.1. The SMILES string of the molecule is COc1ccc(NC(=O)c2nn(Cc3ccc(F)cc3)c3c2CN(C(=O)c2ccc[nH]2)CC3C)cc1N. The second-order valence-corrected chi connectivity index (χ2v) is 9.08. The van der Waals surface area contributed by atoms with Crippen molar-refractivity contribution >= 4 is 23.2 Å². The van der Waals surface area contributed by atoms with Crippen molar-refractivity contribution in [2.24, 2.45) is 0 Å². The summed E-state index contributed by atoms with van der Waals surface area (Å²) in [5.41, 5.74) is 9.99. The Balaban J connectivity index is 1.51. The molecule has 0 saturated carbocycles. The van der Waals surface area contributed by atoms with E-state index in [1.54, 1.807) is 58.2 Å². The fraction of sp³-hybridized carbons (Fsp3) is 0.222. The Morgan fingerprint density at radius 1 is 1.22 bits per heavy atom. The number of anilines is 2. The third-order valence-electron chi connectivity index (χ3n) is 6.47. The Kier molecular flexibility index (Phi) is 6.39. The summed E-state index contributed by atoms with van der Waals surface area (Å²) < 4.78 is 20.4. The van der Waals surface area contributed by atoms with Gasteiger partial charge in [-0.1, -0.05) is 19.1 Å². The highest BCUT2D eigenvalue weighted by Crippen LogP contribution is 2.33. The average Bonchev–Trinajstić information content (AvgIpc) is 3.54. The summed E-state index contributed by atoms with van der Waals surface area (Å²) in [6.45, 7) is 3.06. The zero-order valence-electron chi connectivity index (χ0n) is 20.5. The summed E-state index contributed by atoms with van der Waals surface area (Å²) in [6.07, 6.45) is 1.70. The van der Waals surface area contributed by atoms with Crippen LogP contribution in [0.2, 0.25) is 0 Å². The molecule has 9 nitrogen and oxygen atoms in total. The van der Waals surface area contributed by atoms with Crippen molar-refractivity contribution < 1.29 is 18.7 Å². The average molecular weight is 503 g/mol. The van der Waals surface area contributed by atoms with Crippen molar-refractivity contribution in [3.05, 3.63) is 94.8 Å². The van der Waals surface area contributed by atoms with Gasteiger partial charge >= 0.3 is 0 Å². The molecule has 190 valence electrons. The summed E-state index contributed by atoms with van der Waals surface area (Å²) in [4.78, 5) is 31.2. The minimum Gasteiger partial charge on any atom is -0.495 e. The molecule has 1 unspecified atom stereocenters. The summed E-state index contributed by atoms with van der Waals surface area (Å²) in [7, 11) is 1.52. The fourth-order valence-corrected chi connectivity index (χ4v) is 4.75. The van der Waals surface area contributed by atoms with Gasteiger partial charge in [-0.2, -0.15) is 5.10 Å². The molecule has 0 aliphatic carbocycles. The Hall–Kier alpha value is -4.60. The van der Waals surface area contributed by atoms with E-state index in [1.807, 2.05) is 6.92 Å². The fourth-order valence-electron chi connectivity index (χ4n) is 4.75. The van der Waals surface area contributed by atoms with E-state index in [2.05, 4.69) is 15.4 Å². The van der Waals surface area contributed by atoms with E-state index in [0.29, 0.717) is 41.5 Å². The summed E-state index contributed by atoms with van der Waals surface area (Å²) in [5.74, 6) is -0.472. The number of aromatic nitrogens is 3. The molecule has 2 amide bonds. The number of nitrogens with one attached hydrogen (secondary N) is 2. The molecule has 4 N–H and O–H groups in total. The monoisotopic (exact) mass is 502 g/mol. The number of nitrogens with two attached hydrogens (primary N) is 1. The van der Waals surface area contributed by atoms with Gasteiger partial charge in [-0.15, -0.1) is 0 Å². The molecule has 4 aromatic rings. The van der Waals surface area contributed by atoms with E-state index >= 15 is 0 Å². The molecular weight excluding hydrogens is 475 g/mol. The molecule has 10 heteroatoms. The lowest BCUT2D eigenvalue weighted by molar-refractivity contribution is 0.0711. The molecule has 0 fully saturated rings. The van der Waals surface area contributed by atoms with E-state index in [4.69, 9.17) is 10.5 Å². The van der Waals surface area contributed by atoms with Gasteiger partial charge in [0.05, 0.1) is 25.9 Å². The van der Waals surface area contributed by atoms with Gasteiger partial charge < -0.3 is 25.7 Å². The van der Waals surface area contributed by atoms with Gasteiger partial charge in [0.1, 0.15) is 17.3 Å². The maximum atomic E-state index is 13.5. The van der Waals surface area contributed by atoms with E-state index in [9.17, 15) is 14.0 Å². The summed E-state index contributed by atoms with van der Waals surface area (Å²) in [6, 6.07) is 14.7. The maximum absolute atomic E-state index is 13.5. The van der Waals surface area contributed by atoms with Crippen LogP contribution in [-0.2, 0) is 13.1 Å². The van der Waals surface area contributed by atoms with Gasteiger partial charge in [-0.05, 0) is 48.0 Å². The molecule has 0 bridgehead atoms. The second-order valence-electron chi connectivity index (χ2n) is 9.08. The predicted octanol–water partition coefficient (Wildman–Crippen LogP) is 4.00. The van der Waals surface area contributed by atoms with Crippen LogP contribution in [0.15, 0.2) is 60.8 Å². The third-order valence-corrected chi connectivity index (χ3v) is 6.47. The molecule has 2 aromatic heterocycles. The topological polar surface area (TPSA) is 118 Å². The lowest BCUT2D eigenvalue weighted by atomic mass is 9.95. The van der Waals surface area contributed by atoms with Crippen LogP contribution < -0.4 is 15.8 Å². The number of fused-ring (bicyclic) bond motifs is 1. The molecule has 3 heterocycles. The van der Waals surface area contributed by atoms with Gasteiger partial charge in [0.25, 0.3) is 11.8 Å². The van der Waals surface area contributed by atoms with Crippen LogP contribution in [0.1, 0.15) is 50.6 Å². The van der Waals surface area contributed by atoms with E-state index in [0.717, 1.165) is 11.3 Å². The van der Waals surface area contributed by atoms with Crippen LogP contribution in [-0.4, -0.2) is 45.1 Å². The van der Waals surface area contributed by atoms with Crippen LogP contribution in [0, 0.1) is 5.82 Å². The number of nitrogen functional groups attached to an aromatic ring is 1. The first-order valence-electron chi connectivity index (χ1n) is 11.9. The van der Waals surface area contributed by atoms with Gasteiger partial charge in [0.15, 0.2) is 5.69 Å². The molecule has 1 aliphatic heterocycles. The van der Waals surface area contributed by atoms with Gasteiger partial charge in [-0.3, -0.25) is 14.3 Å². The number of hydrogen-bond donors (Lipinski definition) is 3. The standard InChI is InChI=1S/C27H27FN6O3/c1-16-13-33(27(36)22-4-3-11-30-22)15-20-24(26(35)31-19-9-10-23(37-2)21(29)12-19)32-34(25(16)20)14-17-5-7-18(28)8-6-17/h3-12,16,30H,13-15,29H2,1-2H3,(H,31,35). The lowest BCUT2D eigenvalue weighted by Crippen LogP contribution is -2.38. The van der Waals surface area contributed by atoms with Crippen molar-refractivity contribution in [2.45, 2.75) is 25.9 Å². The number of methoxy groups -OCH3 is 1. The first-order valence-corrected chi connectivity index (χ1v) is 11.9. The summed E-state index contributed by atoms with van der Waals surface area (Å²) >= 11 is 0. The predicted molar refractivity (Wildman–Crippen MR) is 137 cm³/mol. The van der Waals surface area contributed by atoms with Crippen molar-refractivity contribution in [1.82, 2.24) is 19.7 Å². The van der Waals surface area contributed by atoms with Gasteiger partial charge in [-0.25, -0.2) is 4.39 Å². The second kappa shape index (κ2) is 9.81. The molecule has 5 rings (SSSR count).